The maximum absolute atomic E-state index is 14.9. The van der Waals surface area contributed by atoms with Crippen molar-refractivity contribution in [3.05, 3.63) is 290 Å². The van der Waals surface area contributed by atoms with Crippen LogP contribution in [0.3, 0.4) is 0 Å². The van der Waals surface area contributed by atoms with Gasteiger partial charge in [0.05, 0.1) is 81.9 Å². The summed E-state index contributed by atoms with van der Waals surface area (Å²) in [5.74, 6) is -0.289. The van der Waals surface area contributed by atoms with Gasteiger partial charge in [-0.25, -0.2) is 10.1 Å². The van der Waals surface area contributed by atoms with E-state index < -0.39 is 10.8 Å². The van der Waals surface area contributed by atoms with Crippen molar-refractivity contribution in [1.29, 1.82) is 10.5 Å². The summed E-state index contributed by atoms with van der Waals surface area (Å²) in [6.07, 6.45) is 26.5. The van der Waals surface area contributed by atoms with Crippen LogP contribution in [0.4, 0.5) is 0 Å². The summed E-state index contributed by atoms with van der Waals surface area (Å²) in [5, 5.41) is 25.4. The normalized spacial score (nSPS) is 15.9. The van der Waals surface area contributed by atoms with Crippen LogP contribution in [0.5, 0.6) is 0 Å². The van der Waals surface area contributed by atoms with Gasteiger partial charge in [0.2, 0.25) is 0 Å². The highest BCUT2D eigenvalue weighted by molar-refractivity contribution is 7.29. The van der Waals surface area contributed by atoms with Gasteiger partial charge >= 0.3 is 0 Å². The third-order valence-corrected chi connectivity index (χ3v) is 30.2. The molecule has 6 aromatic heterocycles. The molecule has 9 nitrogen and oxygen atoms in total. The van der Waals surface area contributed by atoms with Crippen LogP contribution in [0.15, 0.2) is 180 Å². The number of rotatable bonds is 26. The molecule has 0 amide bonds. The highest BCUT2D eigenvalue weighted by Gasteiger charge is 2.54. The Labute approximate surface area is 684 Å². The van der Waals surface area contributed by atoms with Gasteiger partial charge in [-0.15, -0.1) is 45.3 Å². The second-order valence-corrected chi connectivity index (χ2v) is 36.2. The van der Waals surface area contributed by atoms with Crippen LogP contribution in [0.25, 0.3) is 101 Å². The Bertz CT molecular complexity index is 6330. The molecule has 0 spiro atoms. The van der Waals surface area contributed by atoms with Crippen molar-refractivity contribution in [2.24, 2.45) is 0 Å². The van der Waals surface area contributed by atoms with Crippen molar-refractivity contribution in [3.63, 3.8) is 0 Å². The second-order valence-electron chi connectivity index (χ2n) is 30.9. The van der Waals surface area contributed by atoms with Crippen LogP contribution in [0.1, 0.15) is 246 Å². The van der Waals surface area contributed by atoms with Crippen molar-refractivity contribution >= 4 is 157 Å². The Morgan fingerprint density at radius 3 is 1.11 bits per heavy atom. The molecule has 0 fully saturated rings. The van der Waals surface area contributed by atoms with Gasteiger partial charge in [-0.2, -0.15) is 22.8 Å². The maximum Gasteiger partial charge on any atom is 0.270 e. The molecule has 6 heterocycles. The summed E-state index contributed by atoms with van der Waals surface area (Å²) in [6.45, 7) is 19.2. The van der Waals surface area contributed by atoms with Gasteiger partial charge in [0.1, 0.15) is 22.1 Å². The molecule has 4 aliphatic rings. The van der Waals surface area contributed by atoms with Crippen molar-refractivity contribution < 1.29 is 9.59 Å². The first-order chi connectivity index (χ1) is 55.5. The molecule has 113 heavy (non-hydrogen) atoms. The number of carbonyl (C=O) groups is 2. The lowest BCUT2D eigenvalue weighted by molar-refractivity contribution is 0.103. The number of ketones is 2. The van der Waals surface area contributed by atoms with E-state index in [9.17, 15) is 20.1 Å². The first-order valence-electron chi connectivity index (χ1n) is 40.3. The molecule has 8 aromatic carbocycles. The zero-order valence-electron chi connectivity index (χ0n) is 64.2. The molecular formula is C98H83N7O2S6. The smallest absolute Gasteiger partial charge is 0.270 e. The van der Waals surface area contributed by atoms with E-state index in [-0.39, 0.29) is 17.3 Å². The molecule has 0 N–H and O–H groups in total. The molecule has 0 unspecified atom stereocenters. The number of nitriles is 2. The number of hydrogen-bond donors (Lipinski definition) is 0. The number of fused-ring (bicyclic) bond motifs is 21. The SMILES string of the molecule is [C-]#[N+]C(C#N)=C1/C(=C/c2cc3c(s2)-c2sc4c5nsnc5c5c6c7c(sc6c6nsnc6c5c4c2C3(c2ccc(CCCCCC)cc2)c2ccc(CCCCCC)cc2)-c2sc(/C=C3\C(=O)c4ccccc4\C3=C(/C)C#N)cc2C7(c2ccc(CCCCCC)cc2)c2ccc(CCCCCC)cc2)C(=O)c2ccccc21. The number of unbranched alkanes of at least 4 members (excludes halogenated alkanes) is 12. The van der Waals surface area contributed by atoms with Crippen LogP contribution < -0.4 is 0 Å². The summed E-state index contributed by atoms with van der Waals surface area (Å²) in [4.78, 5) is 39.8. The van der Waals surface area contributed by atoms with E-state index in [1.165, 1.54) is 115 Å². The Balaban J connectivity index is 0.957. The molecule has 0 saturated carbocycles. The number of aryl methyl sites for hydroxylation is 4. The minimum absolute atomic E-state index is 0.0823. The third-order valence-electron chi connectivity index (χ3n) is 24.2. The molecule has 0 bridgehead atoms. The van der Waals surface area contributed by atoms with Crippen LogP contribution in [0, 0.1) is 29.2 Å². The lowest BCUT2D eigenvalue weighted by Gasteiger charge is -2.34. The minimum atomic E-state index is -0.975. The summed E-state index contributed by atoms with van der Waals surface area (Å²) < 4.78 is 24.1. The average Bonchev–Trinajstić information content (AvgIpc) is 1.49. The fourth-order valence-electron chi connectivity index (χ4n) is 18.8. The predicted molar refractivity (Wildman–Crippen MR) is 473 cm³/mol. The highest BCUT2D eigenvalue weighted by Crippen LogP contribution is 2.69. The number of Topliss-reactive ketones (excluding diaryl/α,β-unsaturated/α-hetero) is 2. The van der Waals surface area contributed by atoms with E-state index in [4.69, 9.17) is 24.1 Å². The predicted octanol–water partition coefficient (Wildman–Crippen LogP) is 27.6. The Hall–Kier alpha value is -10.3. The number of allylic oxidation sites excluding steroid dienone is 6. The molecule has 558 valence electrons. The number of thiophene rings is 4. The van der Waals surface area contributed by atoms with Crippen molar-refractivity contribution in [1.82, 2.24) is 17.5 Å². The van der Waals surface area contributed by atoms with E-state index in [1.807, 2.05) is 55.5 Å². The number of carbonyl (C=O) groups excluding carboxylic acids is 2. The first kappa shape index (κ1) is 74.2. The molecule has 0 saturated heterocycles. The van der Waals surface area contributed by atoms with E-state index in [1.54, 1.807) is 51.4 Å². The van der Waals surface area contributed by atoms with Crippen LogP contribution >= 0.6 is 68.8 Å². The summed E-state index contributed by atoms with van der Waals surface area (Å²) in [5.41, 5.74) is 20.5. The van der Waals surface area contributed by atoms with Gasteiger partial charge in [-0.1, -0.05) is 250 Å². The molecule has 18 rings (SSSR count). The van der Waals surface area contributed by atoms with Gasteiger partial charge < -0.3 is 0 Å². The fourth-order valence-corrected chi connectivity index (χ4v) is 25.4. The molecule has 0 radical (unpaired) electrons. The zero-order chi connectivity index (χ0) is 77.2. The van der Waals surface area contributed by atoms with E-state index in [2.05, 4.69) is 160 Å². The number of benzene rings is 8. The van der Waals surface area contributed by atoms with Gasteiger partial charge in [-0.3, -0.25) is 9.59 Å². The third kappa shape index (κ3) is 12.1. The second kappa shape index (κ2) is 30.9. The molecule has 0 atom stereocenters. The largest absolute Gasteiger partial charge is 0.289 e. The summed E-state index contributed by atoms with van der Waals surface area (Å²) in [7, 11) is 0. The number of hydrogen-bond acceptors (Lipinski definition) is 14. The van der Waals surface area contributed by atoms with E-state index in [0.29, 0.717) is 44.6 Å². The monoisotopic (exact) mass is 1580 g/mol. The van der Waals surface area contributed by atoms with Crippen molar-refractivity contribution in [2.75, 3.05) is 0 Å². The van der Waals surface area contributed by atoms with Gasteiger partial charge in [0.25, 0.3) is 5.70 Å². The van der Waals surface area contributed by atoms with Crippen molar-refractivity contribution in [3.8, 4) is 31.6 Å². The zero-order valence-corrected chi connectivity index (χ0v) is 69.1. The molecular weight excluding hydrogens is 1500 g/mol. The fraction of sp³-hybridized carbons (Fsp3) is 0.276. The molecule has 15 heteroatoms. The Morgan fingerprint density at radius 2 is 0.761 bits per heavy atom. The van der Waals surface area contributed by atoms with Gasteiger partial charge in [-0.05, 0) is 160 Å². The van der Waals surface area contributed by atoms with Crippen molar-refractivity contribution in [2.45, 2.75) is 174 Å². The first-order valence-corrected chi connectivity index (χ1v) is 45.0. The van der Waals surface area contributed by atoms with Gasteiger partial charge in [0.15, 0.2) is 11.6 Å². The Morgan fingerprint density at radius 1 is 0.416 bits per heavy atom. The topological polar surface area (TPSA) is 138 Å². The molecule has 14 aromatic rings. The standard InChI is InChI=1S/C98H83N7O2S6/c1-7-11-15-19-27-58-35-43-62(44-36-58)97(63-45-37-59(38-46-63)28-20-16-12-8-2)74-53-66(51-72-77(57(5)55-99)68-31-23-25-33-70(68)89(72)106)108-91(74)95-83(97)81-79-80(86-87(93(81)110-95)104-112-103-86)82-84-96(111-94(82)88-85(79)102-113-105-88)92-75(54-67(109-92)52-73-78(76(56-100)101-6)69-32-24-26-34-71(69)90(73)107)98(84,64-47-39-60(40-48-64)29-21-17-13-9-3)65-49-41-61(42-50-65)30-22-18-14-10-4/h23-26,31-54H,7-22,27-30H2,1-5H3/b72-51-,73-52-,77-57-,78-76?. The van der Waals surface area contributed by atoms with Crippen LogP contribution in [-0.4, -0.2) is 29.1 Å². The van der Waals surface area contributed by atoms with Crippen LogP contribution in [-0.2, 0) is 36.5 Å². The average molecular weight is 1580 g/mol. The van der Waals surface area contributed by atoms with Crippen LogP contribution in [0.2, 0.25) is 0 Å². The number of nitrogens with zero attached hydrogens (tertiary/aromatic N) is 7. The maximum atomic E-state index is 14.9. The molecule has 4 aliphatic carbocycles. The lowest BCUT2D eigenvalue weighted by Crippen LogP contribution is -2.28. The quantitative estimate of drug-likeness (QED) is 0.0226. The summed E-state index contributed by atoms with van der Waals surface area (Å²) in [6, 6.07) is 62.5. The van der Waals surface area contributed by atoms with E-state index in [0.717, 1.165) is 191 Å². The van der Waals surface area contributed by atoms with Gasteiger partial charge in [0, 0.05) is 70.3 Å². The Kier molecular flexibility index (Phi) is 20.3. The lowest BCUT2D eigenvalue weighted by atomic mass is 9.66. The van der Waals surface area contributed by atoms with E-state index >= 15 is 0 Å². The highest BCUT2D eigenvalue weighted by atomic mass is 32.1. The minimum Gasteiger partial charge on any atom is -0.289 e. The summed E-state index contributed by atoms with van der Waals surface area (Å²) >= 11 is 9.45. The number of aromatic nitrogens is 4. The molecule has 0 aliphatic heterocycles.